The number of hydrogen-bond donors (Lipinski definition) is 0. The molecule has 0 saturated heterocycles. The number of aryl methyl sites for hydroxylation is 1. The highest BCUT2D eigenvalue weighted by atomic mass is 32.1. The van der Waals surface area contributed by atoms with Crippen LogP contribution < -0.4 is 4.74 Å². The number of thiazole rings is 1. The van der Waals surface area contributed by atoms with Crippen LogP contribution in [0, 0.1) is 6.92 Å². The molecule has 0 spiro atoms. The Morgan fingerprint density at radius 3 is 3.06 bits per heavy atom. The fourth-order valence-electron chi connectivity index (χ4n) is 1.30. The topological polar surface area (TPSA) is 39.2 Å². The van der Waals surface area contributed by atoms with Gasteiger partial charge in [-0.25, -0.2) is 4.98 Å². The lowest BCUT2D eigenvalue weighted by atomic mass is 10.2. The molecule has 2 aromatic rings. The molecular weight excluding hydrogens is 222 g/mol. The second-order valence-corrected chi connectivity index (χ2v) is 4.53. The van der Waals surface area contributed by atoms with E-state index in [1.165, 1.54) is 11.3 Å². The van der Waals surface area contributed by atoms with Gasteiger partial charge >= 0.3 is 0 Å². The van der Waals surface area contributed by atoms with E-state index in [2.05, 4.69) is 4.98 Å². The molecular formula is C12H11NO2S. The summed E-state index contributed by atoms with van der Waals surface area (Å²) in [6, 6.07) is 7.83. The van der Waals surface area contributed by atoms with Crippen molar-refractivity contribution >= 4 is 17.6 Å². The van der Waals surface area contributed by atoms with Gasteiger partial charge in [-0.1, -0.05) is 12.1 Å². The first-order valence-corrected chi connectivity index (χ1v) is 5.69. The third-order valence-corrected chi connectivity index (χ3v) is 2.94. The van der Waals surface area contributed by atoms with Crippen LogP contribution in [0.5, 0.6) is 5.75 Å². The third kappa shape index (κ3) is 2.67. The van der Waals surface area contributed by atoms with Crippen LogP contribution in [0.2, 0.25) is 0 Å². The molecule has 82 valence electrons. The summed E-state index contributed by atoms with van der Waals surface area (Å²) in [4.78, 5) is 15.2. The van der Waals surface area contributed by atoms with Crippen molar-refractivity contribution < 1.29 is 9.53 Å². The molecule has 0 radical (unpaired) electrons. The van der Waals surface area contributed by atoms with Crippen molar-refractivity contribution in [3.8, 4) is 5.75 Å². The molecule has 0 aliphatic rings. The van der Waals surface area contributed by atoms with Crippen LogP contribution in [0.3, 0.4) is 0 Å². The minimum atomic E-state index is 0.405. The van der Waals surface area contributed by atoms with Crippen LogP contribution in [0.4, 0.5) is 0 Å². The number of hydrogen-bond acceptors (Lipinski definition) is 4. The zero-order chi connectivity index (χ0) is 11.4. The van der Waals surface area contributed by atoms with Crippen molar-refractivity contribution in [2.75, 3.05) is 0 Å². The SMILES string of the molecule is Cc1cccc(OCc2ncc(C=O)s2)c1. The monoisotopic (exact) mass is 233 g/mol. The maximum absolute atomic E-state index is 10.5. The van der Waals surface area contributed by atoms with E-state index in [-0.39, 0.29) is 0 Å². The zero-order valence-electron chi connectivity index (χ0n) is 8.84. The molecule has 0 N–H and O–H groups in total. The number of nitrogens with zero attached hydrogens (tertiary/aromatic N) is 1. The number of rotatable bonds is 4. The van der Waals surface area contributed by atoms with Crippen molar-refractivity contribution in [1.29, 1.82) is 0 Å². The van der Waals surface area contributed by atoms with Crippen LogP contribution in [0.15, 0.2) is 30.5 Å². The Balaban J connectivity index is 1.99. The minimum Gasteiger partial charge on any atom is -0.486 e. The number of aldehydes is 1. The van der Waals surface area contributed by atoms with Gasteiger partial charge < -0.3 is 4.74 Å². The summed E-state index contributed by atoms with van der Waals surface area (Å²) in [7, 11) is 0. The van der Waals surface area contributed by atoms with Gasteiger partial charge in [-0.3, -0.25) is 4.79 Å². The Morgan fingerprint density at radius 2 is 2.38 bits per heavy atom. The van der Waals surface area contributed by atoms with Gasteiger partial charge in [-0.05, 0) is 24.6 Å². The van der Waals surface area contributed by atoms with Crippen molar-refractivity contribution in [3.05, 3.63) is 45.9 Å². The first-order valence-electron chi connectivity index (χ1n) is 4.87. The lowest BCUT2D eigenvalue weighted by Gasteiger charge is -2.04. The number of ether oxygens (including phenoxy) is 1. The molecule has 3 nitrogen and oxygen atoms in total. The Bertz CT molecular complexity index is 493. The Labute approximate surface area is 97.7 Å². The molecule has 1 heterocycles. The minimum absolute atomic E-state index is 0.405. The Morgan fingerprint density at radius 1 is 1.50 bits per heavy atom. The van der Waals surface area contributed by atoms with E-state index in [0.29, 0.717) is 11.5 Å². The molecule has 16 heavy (non-hydrogen) atoms. The first-order chi connectivity index (χ1) is 7.78. The Hall–Kier alpha value is -1.68. The summed E-state index contributed by atoms with van der Waals surface area (Å²) >= 11 is 1.35. The second-order valence-electron chi connectivity index (χ2n) is 3.38. The predicted octanol–water partition coefficient (Wildman–Crippen LogP) is 2.84. The molecule has 2 rings (SSSR count). The smallest absolute Gasteiger partial charge is 0.161 e. The number of carbonyl (C=O) groups excluding carboxylic acids is 1. The molecule has 4 heteroatoms. The van der Waals surface area contributed by atoms with Crippen LogP contribution >= 0.6 is 11.3 Å². The summed E-state index contributed by atoms with van der Waals surface area (Å²) in [6.45, 7) is 2.42. The molecule has 0 unspecified atom stereocenters. The fraction of sp³-hybridized carbons (Fsp3) is 0.167. The molecule has 1 aromatic carbocycles. The van der Waals surface area contributed by atoms with Crippen LogP contribution in [-0.2, 0) is 6.61 Å². The van der Waals surface area contributed by atoms with Gasteiger partial charge in [0.25, 0.3) is 0 Å². The molecule has 1 aromatic heterocycles. The lowest BCUT2D eigenvalue weighted by Crippen LogP contribution is -1.94. The molecule has 0 amide bonds. The van der Waals surface area contributed by atoms with Crippen molar-refractivity contribution in [2.45, 2.75) is 13.5 Å². The summed E-state index contributed by atoms with van der Waals surface area (Å²) in [6.07, 6.45) is 2.36. The van der Waals surface area contributed by atoms with Crippen molar-refractivity contribution in [1.82, 2.24) is 4.98 Å². The number of carbonyl (C=O) groups is 1. The van der Waals surface area contributed by atoms with Crippen molar-refractivity contribution in [2.24, 2.45) is 0 Å². The molecule has 0 bridgehead atoms. The highest BCUT2D eigenvalue weighted by Gasteiger charge is 2.02. The molecule has 0 atom stereocenters. The highest BCUT2D eigenvalue weighted by molar-refractivity contribution is 7.13. The van der Waals surface area contributed by atoms with E-state index in [1.807, 2.05) is 31.2 Å². The first kappa shape index (κ1) is 10.8. The fourth-order valence-corrected chi connectivity index (χ4v) is 1.94. The maximum Gasteiger partial charge on any atom is 0.161 e. The van der Waals surface area contributed by atoms with Gasteiger partial charge in [-0.15, -0.1) is 11.3 Å². The Kier molecular flexibility index (Phi) is 3.31. The molecule has 0 aliphatic carbocycles. The highest BCUT2D eigenvalue weighted by Crippen LogP contribution is 2.16. The molecule has 0 aliphatic heterocycles. The van der Waals surface area contributed by atoms with E-state index in [9.17, 15) is 4.79 Å². The van der Waals surface area contributed by atoms with Gasteiger partial charge in [0.15, 0.2) is 6.29 Å². The summed E-state index contributed by atoms with van der Waals surface area (Å²) in [5.74, 6) is 0.822. The van der Waals surface area contributed by atoms with Gasteiger partial charge in [0.2, 0.25) is 0 Å². The van der Waals surface area contributed by atoms with Gasteiger partial charge in [0.1, 0.15) is 17.4 Å². The van der Waals surface area contributed by atoms with Gasteiger partial charge in [0.05, 0.1) is 4.88 Å². The third-order valence-electron chi connectivity index (χ3n) is 2.04. The average Bonchev–Trinajstić information content (AvgIpc) is 2.74. The zero-order valence-corrected chi connectivity index (χ0v) is 9.66. The summed E-state index contributed by atoms with van der Waals surface area (Å²) < 4.78 is 5.56. The van der Waals surface area contributed by atoms with Crippen molar-refractivity contribution in [3.63, 3.8) is 0 Å². The van der Waals surface area contributed by atoms with E-state index in [1.54, 1.807) is 6.20 Å². The molecule has 0 saturated carbocycles. The average molecular weight is 233 g/mol. The largest absolute Gasteiger partial charge is 0.486 e. The number of aromatic nitrogens is 1. The van der Waals surface area contributed by atoms with Gasteiger partial charge in [-0.2, -0.15) is 0 Å². The predicted molar refractivity (Wildman–Crippen MR) is 63.0 cm³/mol. The lowest BCUT2D eigenvalue weighted by molar-refractivity contribution is 0.112. The van der Waals surface area contributed by atoms with E-state index < -0.39 is 0 Å². The van der Waals surface area contributed by atoms with E-state index >= 15 is 0 Å². The van der Waals surface area contributed by atoms with Crippen LogP contribution in [0.1, 0.15) is 20.2 Å². The van der Waals surface area contributed by atoms with Crippen LogP contribution in [0.25, 0.3) is 0 Å². The standard InChI is InChI=1S/C12H11NO2S/c1-9-3-2-4-10(5-9)15-8-12-13-6-11(7-14)16-12/h2-7H,8H2,1H3. The number of benzene rings is 1. The second kappa shape index (κ2) is 4.90. The maximum atomic E-state index is 10.5. The quantitative estimate of drug-likeness (QED) is 0.762. The summed E-state index contributed by atoms with van der Waals surface area (Å²) in [5.41, 5.74) is 1.16. The van der Waals surface area contributed by atoms with E-state index in [0.717, 1.165) is 22.6 Å². The van der Waals surface area contributed by atoms with E-state index in [4.69, 9.17) is 4.74 Å². The van der Waals surface area contributed by atoms with Gasteiger partial charge in [0, 0.05) is 6.20 Å². The normalized spacial score (nSPS) is 10.1. The molecule has 0 fully saturated rings. The van der Waals surface area contributed by atoms with Crippen LogP contribution in [-0.4, -0.2) is 11.3 Å². The summed E-state index contributed by atoms with van der Waals surface area (Å²) in [5, 5.41) is 0.809.